The number of nitrogens with two attached hydrogens (primary N) is 1. The van der Waals surface area contributed by atoms with Gasteiger partial charge in [0.15, 0.2) is 5.75 Å². The van der Waals surface area contributed by atoms with Crippen LogP contribution in [0.25, 0.3) is 0 Å². The average molecular weight is 501 g/mol. The first-order valence-electron chi connectivity index (χ1n) is 11.3. The number of carbonyl (C=O) groups is 1. The smallest absolute Gasteiger partial charge is 0.224 e. The van der Waals surface area contributed by atoms with Crippen LogP contribution in [0.15, 0.2) is 66.7 Å². The molecule has 180 valence electrons. The molecule has 0 aliphatic rings. The van der Waals surface area contributed by atoms with Crippen LogP contribution < -0.4 is 20.5 Å². The lowest BCUT2D eigenvalue weighted by atomic mass is 9.98. The maximum absolute atomic E-state index is 12.5. The van der Waals surface area contributed by atoms with Gasteiger partial charge < -0.3 is 20.5 Å². The Balaban J connectivity index is 1.41. The molecule has 3 aromatic carbocycles. The molecule has 0 saturated heterocycles. The van der Waals surface area contributed by atoms with E-state index in [2.05, 4.69) is 17.4 Å². The number of halogens is 2. The van der Waals surface area contributed by atoms with Crippen LogP contribution in [0.1, 0.15) is 16.7 Å². The molecule has 0 aromatic heterocycles. The molecule has 3 N–H and O–H groups in total. The van der Waals surface area contributed by atoms with Crippen LogP contribution in [0, 0.1) is 12.8 Å². The minimum Gasteiger partial charge on any atom is -0.490 e. The Bertz CT molecular complexity index is 1040. The molecule has 0 saturated carbocycles. The van der Waals surface area contributed by atoms with Crippen LogP contribution >= 0.6 is 23.2 Å². The molecular weight excluding hydrogens is 471 g/mol. The van der Waals surface area contributed by atoms with Crippen LogP contribution in [0.3, 0.4) is 0 Å². The summed E-state index contributed by atoms with van der Waals surface area (Å²) >= 11 is 12.4. The zero-order valence-corrected chi connectivity index (χ0v) is 20.7. The molecule has 0 aliphatic heterocycles. The van der Waals surface area contributed by atoms with Crippen molar-refractivity contribution in [3.05, 3.63) is 93.5 Å². The number of rotatable bonds is 12. The summed E-state index contributed by atoms with van der Waals surface area (Å²) in [7, 11) is 0. The van der Waals surface area contributed by atoms with Gasteiger partial charge in [-0.1, -0.05) is 65.7 Å². The Labute approximate surface area is 211 Å². The molecule has 3 rings (SSSR count). The Hall–Kier alpha value is -2.73. The molecule has 3 aromatic rings. The van der Waals surface area contributed by atoms with Crippen molar-refractivity contribution in [2.75, 3.05) is 26.3 Å². The summed E-state index contributed by atoms with van der Waals surface area (Å²) < 4.78 is 11.4. The van der Waals surface area contributed by atoms with E-state index < -0.39 is 0 Å². The van der Waals surface area contributed by atoms with Crippen molar-refractivity contribution < 1.29 is 14.3 Å². The molecule has 5 nitrogen and oxygen atoms in total. The molecule has 0 bridgehead atoms. The van der Waals surface area contributed by atoms with Crippen LogP contribution in [-0.2, 0) is 17.6 Å². The van der Waals surface area contributed by atoms with Gasteiger partial charge in [0.2, 0.25) is 5.91 Å². The Morgan fingerprint density at radius 3 is 2.24 bits per heavy atom. The van der Waals surface area contributed by atoms with Gasteiger partial charge in [-0.2, -0.15) is 0 Å². The minimum atomic E-state index is -0.278. The first kappa shape index (κ1) is 25.9. The number of amides is 1. The standard InChI is InChI=1S/C27H30Cl2N2O3/c1-19-15-24(28)26(25(29)16-19)34-14-13-33-23-9-7-21(8-10-23)17-22(18-30)27(32)31-12-11-20-5-3-2-4-6-20/h2-10,15-16,22H,11-14,17-18,30H2,1H3,(H,31,32). The summed E-state index contributed by atoms with van der Waals surface area (Å²) in [5.41, 5.74) is 9.06. The lowest BCUT2D eigenvalue weighted by Crippen LogP contribution is -2.37. The molecule has 0 heterocycles. The minimum absolute atomic E-state index is 0.0238. The molecule has 0 spiro atoms. The molecular formula is C27H30Cl2N2O3. The molecule has 1 unspecified atom stereocenters. The highest BCUT2D eigenvalue weighted by Gasteiger charge is 2.17. The van der Waals surface area contributed by atoms with Gasteiger partial charge in [-0.15, -0.1) is 0 Å². The summed E-state index contributed by atoms with van der Waals surface area (Å²) in [6, 6.07) is 21.3. The summed E-state index contributed by atoms with van der Waals surface area (Å²) in [5, 5.41) is 3.96. The fourth-order valence-corrected chi connectivity index (χ4v) is 4.24. The monoisotopic (exact) mass is 500 g/mol. The molecule has 0 aliphatic carbocycles. The number of hydrogen-bond acceptors (Lipinski definition) is 4. The molecule has 0 fully saturated rings. The van der Waals surface area contributed by atoms with Crippen LogP contribution in [0.4, 0.5) is 0 Å². The molecule has 34 heavy (non-hydrogen) atoms. The lowest BCUT2D eigenvalue weighted by molar-refractivity contribution is -0.124. The summed E-state index contributed by atoms with van der Waals surface area (Å²) in [6.07, 6.45) is 1.36. The fraction of sp³-hybridized carbons (Fsp3) is 0.296. The maximum atomic E-state index is 12.5. The molecule has 1 atom stereocenters. The average Bonchev–Trinajstić information content (AvgIpc) is 2.83. The van der Waals surface area contributed by atoms with E-state index in [1.54, 1.807) is 12.1 Å². The highest BCUT2D eigenvalue weighted by atomic mass is 35.5. The van der Waals surface area contributed by atoms with Crippen molar-refractivity contribution in [1.82, 2.24) is 5.32 Å². The zero-order valence-electron chi connectivity index (χ0n) is 19.2. The number of nitrogens with one attached hydrogen (secondary N) is 1. The quantitative estimate of drug-likeness (QED) is 0.333. The Morgan fingerprint density at radius 2 is 1.59 bits per heavy atom. The number of benzene rings is 3. The fourth-order valence-electron chi connectivity index (χ4n) is 3.54. The Kier molecular flexibility index (Phi) is 10.1. The molecule has 7 heteroatoms. The summed E-state index contributed by atoms with van der Waals surface area (Å²) in [4.78, 5) is 12.5. The van der Waals surface area contributed by atoms with Gasteiger partial charge in [-0.25, -0.2) is 0 Å². The van der Waals surface area contributed by atoms with Crippen LogP contribution in [0.2, 0.25) is 10.0 Å². The summed E-state index contributed by atoms with van der Waals surface area (Å²) in [5.74, 6) is 0.872. The van der Waals surface area contributed by atoms with Gasteiger partial charge in [0.25, 0.3) is 0 Å². The zero-order chi connectivity index (χ0) is 24.3. The van der Waals surface area contributed by atoms with E-state index in [0.717, 1.165) is 17.5 Å². The third-order valence-corrected chi connectivity index (χ3v) is 5.92. The van der Waals surface area contributed by atoms with E-state index in [1.165, 1.54) is 5.56 Å². The number of aryl methyl sites for hydroxylation is 1. The van der Waals surface area contributed by atoms with E-state index in [1.807, 2.05) is 49.4 Å². The van der Waals surface area contributed by atoms with Crippen LogP contribution in [-0.4, -0.2) is 32.2 Å². The Morgan fingerprint density at radius 1 is 0.941 bits per heavy atom. The molecule has 1 amide bonds. The highest BCUT2D eigenvalue weighted by molar-refractivity contribution is 6.37. The van der Waals surface area contributed by atoms with Crippen molar-refractivity contribution in [3.63, 3.8) is 0 Å². The van der Waals surface area contributed by atoms with Crippen LogP contribution in [0.5, 0.6) is 11.5 Å². The van der Waals surface area contributed by atoms with E-state index in [-0.39, 0.29) is 18.4 Å². The van der Waals surface area contributed by atoms with Gasteiger partial charge in [0.05, 0.1) is 16.0 Å². The van der Waals surface area contributed by atoms with Gasteiger partial charge in [-0.05, 0) is 60.7 Å². The van der Waals surface area contributed by atoms with Crippen molar-refractivity contribution in [1.29, 1.82) is 0 Å². The van der Waals surface area contributed by atoms with Crippen molar-refractivity contribution in [3.8, 4) is 11.5 Å². The second-order valence-electron chi connectivity index (χ2n) is 8.06. The highest BCUT2D eigenvalue weighted by Crippen LogP contribution is 2.33. The topological polar surface area (TPSA) is 73.6 Å². The second kappa shape index (κ2) is 13.2. The van der Waals surface area contributed by atoms with Gasteiger partial charge >= 0.3 is 0 Å². The predicted octanol–water partition coefficient (Wildman–Crippen LogP) is 5.24. The van der Waals surface area contributed by atoms with Crippen molar-refractivity contribution in [2.24, 2.45) is 11.7 Å². The van der Waals surface area contributed by atoms with Gasteiger partial charge in [-0.3, -0.25) is 4.79 Å². The molecule has 0 radical (unpaired) electrons. The maximum Gasteiger partial charge on any atom is 0.224 e. The third-order valence-electron chi connectivity index (χ3n) is 5.36. The predicted molar refractivity (Wildman–Crippen MR) is 138 cm³/mol. The first-order valence-corrected chi connectivity index (χ1v) is 12.0. The van der Waals surface area contributed by atoms with Gasteiger partial charge in [0, 0.05) is 13.1 Å². The largest absolute Gasteiger partial charge is 0.490 e. The first-order chi connectivity index (χ1) is 16.5. The van der Waals surface area contributed by atoms with E-state index >= 15 is 0 Å². The van der Waals surface area contributed by atoms with Crippen molar-refractivity contribution in [2.45, 2.75) is 19.8 Å². The SMILES string of the molecule is Cc1cc(Cl)c(OCCOc2ccc(CC(CN)C(=O)NCCc3ccccc3)cc2)c(Cl)c1. The van der Waals surface area contributed by atoms with E-state index in [9.17, 15) is 4.79 Å². The number of ether oxygens (including phenoxy) is 2. The van der Waals surface area contributed by atoms with Gasteiger partial charge in [0.1, 0.15) is 19.0 Å². The van der Waals surface area contributed by atoms with E-state index in [4.69, 9.17) is 38.4 Å². The lowest BCUT2D eigenvalue weighted by Gasteiger charge is -2.15. The number of carbonyl (C=O) groups excluding carboxylic acids is 1. The summed E-state index contributed by atoms with van der Waals surface area (Å²) in [6.45, 7) is 3.45. The van der Waals surface area contributed by atoms with E-state index in [0.29, 0.717) is 47.7 Å². The number of hydrogen-bond donors (Lipinski definition) is 2. The third kappa shape index (κ3) is 7.94. The second-order valence-corrected chi connectivity index (χ2v) is 8.88. The van der Waals surface area contributed by atoms with Crippen molar-refractivity contribution >= 4 is 29.1 Å². The normalized spacial score (nSPS) is 11.6.